The smallest absolute Gasteiger partial charge is 0.232 e. The van der Waals surface area contributed by atoms with Crippen molar-refractivity contribution in [1.82, 2.24) is 0 Å². The van der Waals surface area contributed by atoms with Crippen LogP contribution >= 0.6 is 11.6 Å². The van der Waals surface area contributed by atoms with Gasteiger partial charge in [0, 0.05) is 10.6 Å². The van der Waals surface area contributed by atoms with Crippen LogP contribution in [0.1, 0.15) is 17.3 Å². The maximum absolute atomic E-state index is 12.2. The molecule has 0 bridgehead atoms. The maximum Gasteiger partial charge on any atom is 0.232 e. The Morgan fingerprint density at radius 2 is 1.78 bits per heavy atom. The second-order valence-corrected chi connectivity index (χ2v) is 5.77. The predicted molar refractivity (Wildman–Crippen MR) is 89.7 cm³/mol. The Hall–Kier alpha value is -2.46. The Kier molecular flexibility index (Phi) is 4.26. The second kappa shape index (κ2) is 6.34. The molecule has 2 heterocycles. The summed E-state index contributed by atoms with van der Waals surface area (Å²) in [7, 11) is 0. The van der Waals surface area contributed by atoms with Crippen LogP contribution in [0, 0.1) is 13.8 Å². The van der Waals surface area contributed by atoms with Gasteiger partial charge in [-0.25, -0.2) is 0 Å². The molecule has 0 fully saturated rings. The minimum absolute atomic E-state index is 0.164. The number of nitrogens with one attached hydrogen (secondary N) is 1. The normalized spacial score (nSPS) is 10.7. The molecule has 5 heteroatoms. The lowest BCUT2D eigenvalue weighted by atomic mass is 10.1. The number of aryl methyl sites for hydroxylation is 2. The van der Waals surface area contributed by atoms with Crippen LogP contribution in [0.5, 0.6) is 0 Å². The molecule has 4 nitrogen and oxygen atoms in total. The number of amides is 1. The molecule has 3 aromatic rings. The highest BCUT2D eigenvalue weighted by Crippen LogP contribution is 2.32. The van der Waals surface area contributed by atoms with Gasteiger partial charge in [-0.1, -0.05) is 11.6 Å². The van der Waals surface area contributed by atoms with Crippen molar-refractivity contribution in [3.05, 3.63) is 64.8 Å². The third-order valence-electron chi connectivity index (χ3n) is 3.39. The fourth-order valence-electron chi connectivity index (χ4n) is 2.35. The summed E-state index contributed by atoms with van der Waals surface area (Å²) in [6.07, 6.45) is 0.164. The molecule has 0 aliphatic rings. The monoisotopic (exact) mass is 329 g/mol. The van der Waals surface area contributed by atoms with E-state index in [1.54, 1.807) is 18.2 Å². The Labute approximate surface area is 139 Å². The van der Waals surface area contributed by atoms with Crippen LogP contribution in [0.2, 0.25) is 5.02 Å². The van der Waals surface area contributed by atoms with E-state index >= 15 is 0 Å². The van der Waals surface area contributed by atoms with Crippen molar-refractivity contribution in [3.8, 4) is 11.3 Å². The first-order valence-corrected chi connectivity index (χ1v) is 7.60. The molecule has 1 N–H and O–H groups in total. The summed E-state index contributed by atoms with van der Waals surface area (Å²) >= 11 is 6.06. The van der Waals surface area contributed by atoms with Gasteiger partial charge < -0.3 is 14.2 Å². The van der Waals surface area contributed by atoms with E-state index in [-0.39, 0.29) is 12.3 Å². The number of benzene rings is 1. The van der Waals surface area contributed by atoms with Crippen LogP contribution in [-0.4, -0.2) is 5.91 Å². The van der Waals surface area contributed by atoms with E-state index in [1.807, 2.05) is 38.1 Å². The summed E-state index contributed by atoms with van der Waals surface area (Å²) in [6, 6.07) is 12.7. The largest absolute Gasteiger partial charge is 0.466 e. The molecule has 0 spiro atoms. The molecular weight excluding hydrogens is 314 g/mol. The van der Waals surface area contributed by atoms with Crippen LogP contribution in [-0.2, 0) is 11.2 Å². The van der Waals surface area contributed by atoms with Crippen molar-refractivity contribution in [2.24, 2.45) is 0 Å². The van der Waals surface area contributed by atoms with Gasteiger partial charge in [0.15, 0.2) is 0 Å². The van der Waals surface area contributed by atoms with Crippen LogP contribution < -0.4 is 5.32 Å². The quantitative estimate of drug-likeness (QED) is 0.733. The van der Waals surface area contributed by atoms with E-state index in [1.165, 1.54) is 0 Å². The van der Waals surface area contributed by atoms with E-state index in [9.17, 15) is 4.79 Å². The molecule has 2 aromatic heterocycles. The average Bonchev–Trinajstić information content (AvgIpc) is 3.08. The van der Waals surface area contributed by atoms with Crippen LogP contribution in [0.15, 0.2) is 51.3 Å². The number of halogens is 1. The number of rotatable bonds is 4. The molecule has 3 rings (SSSR count). The zero-order valence-electron chi connectivity index (χ0n) is 12.9. The second-order valence-electron chi connectivity index (χ2n) is 5.34. The molecule has 0 atom stereocenters. The van der Waals surface area contributed by atoms with Crippen molar-refractivity contribution in [2.75, 3.05) is 5.32 Å². The maximum atomic E-state index is 12.2. The molecule has 1 aromatic carbocycles. The van der Waals surface area contributed by atoms with E-state index in [4.69, 9.17) is 20.4 Å². The Morgan fingerprint density at radius 3 is 2.43 bits per heavy atom. The van der Waals surface area contributed by atoms with Crippen molar-refractivity contribution in [2.45, 2.75) is 20.3 Å². The third kappa shape index (κ3) is 3.66. The van der Waals surface area contributed by atoms with Gasteiger partial charge in [-0.2, -0.15) is 0 Å². The topological polar surface area (TPSA) is 55.4 Å². The molecular formula is C18H16ClNO3. The van der Waals surface area contributed by atoms with Gasteiger partial charge in [0.25, 0.3) is 0 Å². The number of anilines is 1. The molecule has 0 radical (unpaired) electrons. The number of carbonyl (C=O) groups is 1. The zero-order valence-corrected chi connectivity index (χ0v) is 13.6. The Bertz CT molecular complexity index is 848. The van der Waals surface area contributed by atoms with Gasteiger partial charge in [0.05, 0.1) is 12.1 Å². The third-order valence-corrected chi connectivity index (χ3v) is 3.63. The Morgan fingerprint density at radius 1 is 1.04 bits per heavy atom. The summed E-state index contributed by atoms with van der Waals surface area (Å²) in [6.45, 7) is 3.71. The standard InChI is InChI=1S/C18H16ClNO3/c1-11-3-6-14(22-11)10-18(21)20-16-9-13(19)5-7-15(16)17-8-4-12(2)23-17/h3-9H,10H2,1-2H3,(H,20,21). The molecule has 0 aliphatic carbocycles. The molecule has 0 saturated heterocycles. The molecule has 1 amide bonds. The SMILES string of the molecule is Cc1ccc(CC(=O)Nc2cc(Cl)ccc2-c2ccc(C)o2)o1. The van der Waals surface area contributed by atoms with Gasteiger partial charge in [-0.3, -0.25) is 4.79 Å². The highest BCUT2D eigenvalue weighted by molar-refractivity contribution is 6.31. The number of furan rings is 2. The highest BCUT2D eigenvalue weighted by Gasteiger charge is 2.13. The minimum atomic E-state index is -0.175. The molecule has 0 unspecified atom stereocenters. The van der Waals surface area contributed by atoms with E-state index < -0.39 is 0 Å². The van der Waals surface area contributed by atoms with Gasteiger partial charge in [0.2, 0.25) is 5.91 Å². The Balaban J connectivity index is 1.84. The molecule has 0 aliphatic heterocycles. The van der Waals surface area contributed by atoms with Crippen molar-refractivity contribution in [1.29, 1.82) is 0 Å². The number of hydrogen-bond acceptors (Lipinski definition) is 3. The van der Waals surface area contributed by atoms with Crippen molar-refractivity contribution < 1.29 is 13.6 Å². The lowest BCUT2D eigenvalue weighted by Crippen LogP contribution is -2.14. The van der Waals surface area contributed by atoms with Gasteiger partial charge >= 0.3 is 0 Å². The zero-order chi connectivity index (χ0) is 16.4. The first-order valence-electron chi connectivity index (χ1n) is 7.23. The van der Waals surface area contributed by atoms with Crippen LogP contribution in [0.25, 0.3) is 11.3 Å². The van der Waals surface area contributed by atoms with Crippen molar-refractivity contribution in [3.63, 3.8) is 0 Å². The average molecular weight is 330 g/mol. The molecule has 0 saturated carbocycles. The van der Waals surface area contributed by atoms with E-state index in [0.29, 0.717) is 22.2 Å². The highest BCUT2D eigenvalue weighted by atomic mass is 35.5. The lowest BCUT2D eigenvalue weighted by molar-refractivity contribution is -0.115. The van der Waals surface area contributed by atoms with Crippen molar-refractivity contribution >= 4 is 23.2 Å². The molecule has 118 valence electrons. The predicted octanol–water partition coefficient (Wildman–Crippen LogP) is 4.99. The lowest BCUT2D eigenvalue weighted by Gasteiger charge is -2.10. The summed E-state index contributed by atoms with van der Waals surface area (Å²) in [5.41, 5.74) is 1.40. The first kappa shape index (κ1) is 15.4. The van der Waals surface area contributed by atoms with E-state index in [0.717, 1.165) is 17.1 Å². The fourth-order valence-corrected chi connectivity index (χ4v) is 2.52. The number of carbonyl (C=O) groups excluding carboxylic acids is 1. The minimum Gasteiger partial charge on any atom is -0.466 e. The summed E-state index contributed by atoms with van der Waals surface area (Å²) in [4.78, 5) is 12.2. The summed E-state index contributed by atoms with van der Waals surface area (Å²) in [5, 5.41) is 3.42. The van der Waals surface area contributed by atoms with E-state index in [2.05, 4.69) is 5.32 Å². The number of hydrogen-bond donors (Lipinski definition) is 1. The van der Waals surface area contributed by atoms with Gasteiger partial charge in [-0.05, 0) is 56.3 Å². The van der Waals surface area contributed by atoms with Crippen LogP contribution in [0.3, 0.4) is 0 Å². The first-order chi connectivity index (χ1) is 11.0. The summed E-state index contributed by atoms with van der Waals surface area (Å²) in [5.74, 6) is 2.72. The van der Waals surface area contributed by atoms with Crippen LogP contribution in [0.4, 0.5) is 5.69 Å². The van der Waals surface area contributed by atoms with Gasteiger partial charge in [-0.15, -0.1) is 0 Å². The summed E-state index contributed by atoms with van der Waals surface area (Å²) < 4.78 is 11.1. The van der Waals surface area contributed by atoms with Gasteiger partial charge in [0.1, 0.15) is 23.0 Å². The fraction of sp³-hybridized carbons (Fsp3) is 0.167. The molecule has 23 heavy (non-hydrogen) atoms.